The number of imide groups is 1. The SMILES string of the molecule is O=C(COC(=O)c1ccc(Oc2ccccc2)cc1)NC(=O)c1ccccc1. The minimum absolute atomic E-state index is 0.266. The highest BCUT2D eigenvalue weighted by Crippen LogP contribution is 2.21. The minimum Gasteiger partial charge on any atom is -0.457 e. The molecule has 0 saturated heterocycles. The largest absolute Gasteiger partial charge is 0.457 e. The van der Waals surface area contributed by atoms with Crippen molar-refractivity contribution >= 4 is 17.8 Å². The Balaban J connectivity index is 1.49. The second-order valence-electron chi connectivity index (χ2n) is 5.76. The average molecular weight is 375 g/mol. The fourth-order valence-corrected chi connectivity index (χ4v) is 2.32. The van der Waals surface area contributed by atoms with Gasteiger partial charge in [0.1, 0.15) is 11.5 Å². The topological polar surface area (TPSA) is 81.7 Å². The first-order chi connectivity index (χ1) is 13.6. The van der Waals surface area contributed by atoms with Crippen LogP contribution in [-0.2, 0) is 9.53 Å². The molecule has 0 radical (unpaired) electrons. The normalized spacial score (nSPS) is 10.0. The third-order valence-corrected chi connectivity index (χ3v) is 3.69. The standard InChI is InChI=1S/C22H17NO5/c24-20(23-21(25)16-7-3-1-4-8-16)15-27-22(26)17-11-13-19(14-12-17)28-18-9-5-2-6-10-18/h1-14H,15H2,(H,23,24,25). The molecular weight excluding hydrogens is 358 g/mol. The molecule has 28 heavy (non-hydrogen) atoms. The molecule has 0 aliphatic heterocycles. The maximum atomic E-state index is 12.0. The van der Waals surface area contributed by atoms with Crippen molar-refractivity contribution in [3.8, 4) is 11.5 Å². The summed E-state index contributed by atoms with van der Waals surface area (Å²) in [5.74, 6) is -0.685. The Morgan fingerprint density at radius 3 is 1.89 bits per heavy atom. The second-order valence-corrected chi connectivity index (χ2v) is 5.76. The summed E-state index contributed by atoms with van der Waals surface area (Å²) in [6, 6.07) is 23.8. The molecule has 0 spiro atoms. The van der Waals surface area contributed by atoms with Crippen molar-refractivity contribution in [3.05, 3.63) is 96.1 Å². The molecule has 0 atom stereocenters. The summed E-state index contributed by atoms with van der Waals surface area (Å²) < 4.78 is 10.6. The molecule has 3 rings (SSSR count). The number of nitrogens with one attached hydrogen (secondary N) is 1. The van der Waals surface area contributed by atoms with E-state index in [9.17, 15) is 14.4 Å². The van der Waals surface area contributed by atoms with Crippen LogP contribution in [0.1, 0.15) is 20.7 Å². The number of para-hydroxylation sites is 1. The summed E-state index contributed by atoms with van der Waals surface area (Å²) in [6.07, 6.45) is 0. The first-order valence-corrected chi connectivity index (χ1v) is 8.51. The Hall–Kier alpha value is -3.93. The molecule has 0 saturated carbocycles. The van der Waals surface area contributed by atoms with E-state index < -0.39 is 24.4 Å². The Kier molecular flexibility index (Phi) is 6.15. The van der Waals surface area contributed by atoms with Crippen molar-refractivity contribution in [1.82, 2.24) is 5.32 Å². The van der Waals surface area contributed by atoms with Crippen LogP contribution >= 0.6 is 0 Å². The number of hydrogen-bond donors (Lipinski definition) is 1. The number of carbonyl (C=O) groups is 3. The van der Waals surface area contributed by atoms with Crippen LogP contribution in [0.5, 0.6) is 11.5 Å². The van der Waals surface area contributed by atoms with Crippen LogP contribution in [0, 0.1) is 0 Å². The summed E-state index contributed by atoms with van der Waals surface area (Å²) >= 11 is 0. The molecule has 2 amide bonds. The van der Waals surface area contributed by atoms with Gasteiger partial charge in [0.25, 0.3) is 11.8 Å². The van der Waals surface area contributed by atoms with Gasteiger partial charge < -0.3 is 9.47 Å². The van der Waals surface area contributed by atoms with E-state index in [1.807, 2.05) is 30.3 Å². The summed E-state index contributed by atoms with van der Waals surface area (Å²) in [5, 5.41) is 2.16. The molecule has 0 aliphatic carbocycles. The molecular formula is C22H17NO5. The lowest BCUT2D eigenvalue weighted by molar-refractivity contribution is -0.123. The average Bonchev–Trinajstić information content (AvgIpc) is 2.74. The third kappa shape index (κ3) is 5.28. The van der Waals surface area contributed by atoms with Gasteiger partial charge in [-0.25, -0.2) is 4.79 Å². The van der Waals surface area contributed by atoms with Gasteiger partial charge in [-0.1, -0.05) is 36.4 Å². The highest BCUT2D eigenvalue weighted by Gasteiger charge is 2.13. The zero-order valence-electron chi connectivity index (χ0n) is 14.8. The van der Waals surface area contributed by atoms with Gasteiger partial charge in [-0.15, -0.1) is 0 Å². The zero-order chi connectivity index (χ0) is 19.8. The van der Waals surface area contributed by atoms with Gasteiger partial charge in [0.2, 0.25) is 0 Å². The quantitative estimate of drug-likeness (QED) is 0.666. The van der Waals surface area contributed by atoms with Crippen molar-refractivity contribution in [1.29, 1.82) is 0 Å². The van der Waals surface area contributed by atoms with Crippen LogP contribution in [-0.4, -0.2) is 24.4 Å². The van der Waals surface area contributed by atoms with Crippen LogP contribution < -0.4 is 10.1 Å². The van der Waals surface area contributed by atoms with E-state index >= 15 is 0 Å². The lowest BCUT2D eigenvalue weighted by Crippen LogP contribution is -2.34. The molecule has 3 aromatic rings. The van der Waals surface area contributed by atoms with Gasteiger partial charge in [0.05, 0.1) is 5.56 Å². The van der Waals surface area contributed by atoms with Crippen molar-refractivity contribution in [3.63, 3.8) is 0 Å². The Morgan fingerprint density at radius 2 is 1.25 bits per heavy atom. The number of ether oxygens (including phenoxy) is 2. The predicted octanol–water partition coefficient (Wildman–Crippen LogP) is 3.59. The number of esters is 1. The van der Waals surface area contributed by atoms with E-state index in [0.717, 1.165) is 0 Å². The third-order valence-electron chi connectivity index (χ3n) is 3.69. The number of carbonyl (C=O) groups excluding carboxylic acids is 3. The molecule has 0 bridgehead atoms. The lowest BCUT2D eigenvalue weighted by Gasteiger charge is -2.08. The van der Waals surface area contributed by atoms with Crippen LogP contribution in [0.4, 0.5) is 0 Å². The van der Waals surface area contributed by atoms with Crippen molar-refractivity contribution in [2.24, 2.45) is 0 Å². The van der Waals surface area contributed by atoms with E-state index in [0.29, 0.717) is 17.1 Å². The first kappa shape index (κ1) is 18.8. The van der Waals surface area contributed by atoms with Gasteiger partial charge in [-0.3, -0.25) is 14.9 Å². The fraction of sp³-hybridized carbons (Fsp3) is 0.0455. The lowest BCUT2D eigenvalue weighted by atomic mass is 10.2. The van der Waals surface area contributed by atoms with Gasteiger partial charge in [-0.05, 0) is 48.5 Å². The highest BCUT2D eigenvalue weighted by atomic mass is 16.5. The monoisotopic (exact) mass is 375 g/mol. The van der Waals surface area contributed by atoms with Crippen molar-refractivity contribution in [2.45, 2.75) is 0 Å². The Labute approximate surface area is 161 Å². The van der Waals surface area contributed by atoms with Crippen molar-refractivity contribution in [2.75, 3.05) is 6.61 Å². The number of amides is 2. The Morgan fingerprint density at radius 1 is 0.679 bits per heavy atom. The van der Waals surface area contributed by atoms with Gasteiger partial charge in [0.15, 0.2) is 6.61 Å². The van der Waals surface area contributed by atoms with E-state index in [2.05, 4.69) is 5.32 Å². The summed E-state index contributed by atoms with van der Waals surface area (Å²) in [7, 11) is 0. The van der Waals surface area contributed by atoms with Crippen LogP contribution in [0.3, 0.4) is 0 Å². The van der Waals surface area contributed by atoms with Gasteiger partial charge in [-0.2, -0.15) is 0 Å². The first-order valence-electron chi connectivity index (χ1n) is 8.51. The predicted molar refractivity (Wildman–Crippen MR) is 102 cm³/mol. The summed E-state index contributed by atoms with van der Waals surface area (Å²) in [4.78, 5) is 35.7. The van der Waals surface area contributed by atoms with E-state index in [1.54, 1.807) is 42.5 Å². The van der Waals surface area contributed by atoms with Crippen LogP contribution in [0.15, 0.2) is 84.9 Å². The second kappa shape index (κ2) is 9.14. The number of rotatable bonds is 6. The minimum atomic E-state index is -0.703. The molecule has 6 heteroatoms. The molecule has 1 N–H and O–H groups in total. The smallest absolute Gasteiger partial charge is 0.338 e. The molecule has 0 aromatic heterocycles. The fourth-order valence-electron chi connectivity index (χ4n) is 2.32. The Bertz CT molecular complexity index is 953. The number of hydrogen-bond acceptors (Lipinski definition) is 5. The van der Waals surface area contributed by atoms with Crippen LogP contribution in [0.2, 0.25) is 0 Å². The zero-order valence-corrected chi connectivity index (χ0v) is 14.8. The van der Waals surface area contributed by atoms with E-state index in [-0.39, 0.29) is 5.56 Å². The maximum Gasteiger partial charge on any atom is 0.338 e. The van der Waals surface area contributed by atoms with Gasteiger partial charge >= 0.3 is 5.97 Å². The molecule has 0 unspecified atom stereocenters. The summed E-state index contributed by atoms with van der Waals surface area (Å²) in [5.41, 5.74) is 0.610. The number of benzene rings is 3. The van der Waals surface area contributed by atoms with E-state index in [1.165, 1.54) is 12.1 Å². The molecule has 140 valence electrons. The molecule has 3 aromatic carbocycles. The van der Waals surface area contributed by atoms with Crippen LogP contribution in [0.25, 0.3) is 0 Å². The highest BCUT2D eigenvalue weighted by molar-refractivity contribution is 6.05. The molecule has 0 heterocycles. The van der Waals surface area contributed by atoms with Gasteiger partial charge in [0, 0.05) is 5.56 Å². The van der Waals surface area contributed by atoms with Crippen molar-refractivity contribution < 1.29 is 23.9 Å². The molecule has 0 fully saturated rings. The maximum absolute atomic E-state index is 12.0. The van der Waals surface area contributed by atoms with E-state index in [4.69, 9.17) is 9.47 Å². The molecule has 6 nitrogen and oxygen atoms in total. The molecule has 0 aliphatic rings. The summed E-state index contributed by atoms with van der Waals surface area (Å²) in [6.45, 7) is -0.556.